The van der Waals surface area contributed by atoms with Gasteiger partial charge >= 0.3 is 0 Å². The Hall–Kier alpha value is -3.27. The second-order valence-electron chi connectivity index (χ2n) is 6.73. The van der Waals surface area contributed by atoms with E-state index in [0.29, 0.717) is 34.7 Å². The average Bonchev–Trinajstić information content (AvgIpc) is 2.61. The molecule has 0 unspecified atom stereocenters. The Labute approximate surface area is 170 Å². The fourth-order valence-corrected chi connectivity index (χ4v) is 3.24. The third-order valence-corrected chi connectivity index (χ3v) is 5.33. The Morgan fingerprint density at radius 2 is 1.59 bits per heavy atom. The molecule has 1 aromatic carbocycles. The SMILES string of the molecule is Cc1ccc(Nc2cc(Nc3cc(C)nc(C)n3)ncn2)c(N(C)S(C)(=O)=O)c1. The molecular weight excluding hydrogens is 390 g/mol. The molecule has 10 heteroatoms. The molecule has 0 amide bonds. The van der Waals surface area contributed by atoms with Gasteiger partial charge in [0.1, 0.15) is 29.6 Å². The number of anilines is 5. The van der Waals surface area contributed by atoms with Crippen LogP contribution in [-0.4, -0.2) is 41.7 Å². The Balaban J connectivity index is 1.89. The van der Waals surface area contributed by atoms with Crippen LogP contribution in [0.25, 0.3) is 0 Å². The summed E-state index contributed by atoms with van der Waals surface area (Å²) in [5, 5.41) is 6.31. The molecule has 0 aliphatic heterocycles. The topological polar surface area (TPSA) is 113 Å². The molecule has 0 aliphatic rings. The molecule has 0 saturated heterocycles. The Morgan fingerprint density at radius 3 is 2.24 bits per heavy atom. The number of rotatable bonds is 6. The van der Waals surface area contributed by atoms with Crippen molar-refractivity contribution in [2.24, 2.45) is 0 Å². The van der Waals surface area contributed by atoms with Gasteiger partial charge in [-0.25, -0.2) is 28.4 Å². The molecule has 152 valence electrons. The molecule has 0 atom stereocenters. The van der Waals surface area contributed by atoms with Crippen LogP contribution in [0.2, 0.25) is 0 Å². The van der Waals surface area contributed by atoms with Crippen LogP contribution in [0.1, 0.15) is 17.1 Å². The third kappa shape index (κ3) is 5.17. The largest absolute Gasteiger partial charge is 0.338 e. The Kier molecular flexibility index (Phi) is 5.64. The maximum Gasteiger partial charge on any atom is 0.232 e. The molecular formula is C19H23N7O2S. The van der Waals surface area contributed by atoms with Gasteiger partial charge < -0.3 is 10.6 Å². The molecule has 3 rings (SSSR count). The molecule has 0 fully saturated rings. The van der Waals surface area contributed by atoms with E-state index in [1.165, 1.54) is 17.7 Å². The van der Waals surface area contributed by atoms with Gasteiger partial charge in [-0.05, 0) is 38.5 Å². The van der Waals surface area contributed by atoms with E-state index in [1.807, 2.05) is 39.0 Å². The van der Waals surface area contributed by atoms with Crippen LogP contribution in [0.4, 0.5) is 28.8 Å². The standard InChI is InChI=1S/C19H23N7O2S/c1-12-6-7-15(16(8-12)26(4)29(5,27)28)24-17-10-18(21-11-20-17)25-19-9-13(2)22-14(3)23-19/h6-11H,1-5H3,(H2,20,21,22,23,24,25). The van der Waals surface area contributed by atoms with Crippen LogP contribution in [-0.2, 0) is 10.0 Å². The minimum absolute atomic E-state index is 0.511. The summed E-state index contributed by atoms with van der Waals surface area (Å²) in [6.45, 7) is 5.62. The predicted octanol–water partition coefficient (Wildman–Crippen LogP) is 3.07. The summed E-state index contributed by atoms with van der Waals surface area (Å²) in [6, 6.07) is 9.06. The van der Waals surface area contributed by atoms with Gasteiger partial charge in [-0.2, -0.15) is 0 Å². The van der Waals surface area contributed by atoms with Crippen molar-refractivity contribution in [2.75, 3.05) is 28.2 Å². The number of nitrogens with one attached hydrogen (secondary N) is 2. The number of hydrogen-bond acceptors (Lipinski definition) is 8. The molecule has 29 heavy (non-hydrogen) atoms. The first kappa shape index (κ1) is 20.5. The fourth-order valence-electron chi connectivity index (χ4n) is 2.73. The van der Waals surface area contributed by atoms with Crippen molar-refractivity contribution in [3.63, 3.8) is 0 Å². The van der Waals surface area contributed by atoms with Gasteiger partial charge in [0.15, 0.2) is 0 Å². The van der Waals surface area contributed by atoms with Crippen molar-refractivity contribution in [3.05, 3.63) is 53.7 Å². The fraction of sp³-hybridized carbons (Fsp3) is 0.263. The summed E-state index contributed by atoms with van der Waals surface area (Å²) >= 11 is 0. The second-order valence-corrected chi connectivity index (χ2v) is 8.75. The smallest absolute Gasteiger partial charge is 0.232 e. The van der Waals surface area contributed by atoms with E-state index in [4.69, 9.17) is 0 Å². The second kappa shape index (κ2) is 8.00. The summed E-state index contributed by atoms with van der Waals surface area (Å²) in [6.07, 6.45) is 2.58. The van der Waals surface area contributed by atoms with Crippen LogP contribution in [0.3, 0.4) is 0 Å². The summed E-state index contributed by atoms with van der Waals surface area (Å²) in [5.74, 6) is 2.35. The molecule has 2 aromatic heterocycles. The molecule has 3 aromatic rings. The number of aromatic nitrogens is 4. The van der Waals surface area contributed by atoms with Gasteiger partial charge in [0.05, 0.1) is 17.6 Å². The normalized spacial score (nSPS) is 11.2. The van der Waals surface area contributed by atoms with Crippen LogP contribution < -0.4 is 14.9 Å². The molecule has 0 aliphatic carbocycles. The summed E-state index contributed by atoms with van der Waals surface area (Å²) in [5.41, 5.74) is 2.94. The summed E-state index contributed by atoms with van der Waals surface area (Å²) in [4.78, 5) is 17.0. The quantitative estimate of drug-likeness (QED) is 0.634. The zero-order valence-corrected chi connectivity index (χ0v) is 17.7. The predicted molar refractivity (Wildman–Crippen MR) is 115 cm³/mol. The first-order valence-corrected chi connectivity index (χ1v) is 10.7. The molecule has 2 heterocycles. The van der Waals surface area contributed by atoms with E-state index < -0.39 is 10.0 Å². The van der Waals surface area contributed by atoms with Crippen molar-refractivity contribution in [2.45, 2.75) is 20.8 Å². The van der Waals surface area contributed by atoms with Crippen molar-refractivity contribution >= 4 is 38.9 Å². The minimum Gasteiger partial charge on any atom is -0.338 e. The Morgan fingerprint density at radius 1 is 0.897 bits per heavy atom. The first-order valence-electron chi connectivity index (χ1n) is 8.85. The highest BCUT2D eigenvalue weighted by Crippen LogP contribution is 2.30. The molecule has 2 N–H and O–H groups in total. The van der Waals surface area contributed by atoms with Gasteiger partial charge in [-0.1, -0.05) is 6.07 Å². The van der Waals surface area contributed by atoms with Gasteiger partial charge in [-0.3, -0.25) is 4.31 Å². The molecule has 0 saturated carbocycles. The van der Waals surface area contributed by atoms with E-state index in [2.05, 4.69) is 30.6 Å². The molecule has 0 spiro atoms. The lowest BCUT2D eigenvalue weighted by molar-refractivity contribution is 0.600. The molecule has 0 bridgehead atoms. The zero-order valence-electron chi connectivity index (χ0n) is 16.9. The van der Waals surface area contributed by atoms with Crippen molar-refractivity contribution in [1.82, 2.24) is 19.9 Å². The highest BCUT2D eigenvalue weighted by molar-refractivity contribution is 7.92. The van der Waals surface area contributed by atoms with Crippen molar-refractivity contribution < 1.29 is 8.42 Å². The number of hydrogen-bond donors (Lipinski definition) is 2. The first-order chi connectivity index (χ1) is 13.6. The molecule has 9 nitrogen and oxygen atoms in total. The summed E-state index contributed by atoms with van der Waals surface area (Å²) < 4.78 is 25.3. The van der Waals surface area contributed by atoms with E-state index >= 15 is 0 Å². The Bertz CT molecular complexity index is 1130. The van der Waals surface area contributed by atoms with Crippen molar-refractivity contribution in [3.8, 4) is 0 Å². The highest BCUT2D eigenvalue weighted by Gasteiger charge is 2.16. The van der Waals surface area contributed by atoms with Gasteiger partial charge in [0.2, 0.25) is 10.0 Å². The van der Waals surface area contributed by atoms with E-state index in [1.54, 1.807) is 12.1 Å². The summed E-state index contributed by atoms with van der Waals surface area (Å²) in [7, 11) is -1.89. The van der Waals surface area contributed by atoms with E-state index in [9.17, 15) is 8.42 Å². The van der Waals surface area contributed by atoms with E-state index in [0.717, 1.165) is 17.5 Å². The van der Waals surface area contributed by atoms with Gasteiger partial charge in [0, 0.05) is 24.9 Å². The lowest BCUT2D eigenvalue weighted by Gasteiger charge is -2.21. The lowest BCUT2D eigenvalue weighted by Crippen LogP contribution is -2.25. The van der Waals surface area contributed by atoms with Crippen LogP contribution >= 0.6 is 0 Å². The highest BCUT2D eigenvalue weighted by atomic mass is 32.2. The van der Waals surface area contributed by atoms with Crippen LogP contribution in [0.15, 0.2) is 36.7 Å². The maximum atomic E-state index is 12.0. The van der Waals surface area contributed by atoms with Crippen molar-refractivity contribution in [1.29, 1.82) is 0 Å². The number of benzene rings is 1. The number of aryl methyl sites for hydroxylation is 3. The average molecular weight is 414 g/mol. The number of nitrogens with zero attached hydrogens (tertiary/aromatic N) is 5. The maximum absolute atomic E-state index is 12.0. The van der Waals surface area contributed by atoms with Gasteiger partial charge in [0.25, 0.3) is 0 Å². The monoisotopic (exact) mass is 413 g/mol. The molecule has 0 radical (unpaired) electrons. The van der Waals surface area contributed by atoms with Crippen LogP contribution in [0.5, 0.6) is 0 Å². The number of sulfonamides is 1. The van der Waals surface area contributed by atoms with E-state index in [-0.39, 0.29) is 0 Å². The third-order valence-electron chi connectivity index (χ3n) is 4.14. The lowest BCUT2D eigenvalue weighted by atomic mass is 10.2. The van der Waals surface area contributed by atoms with Crippen LogP contribution in [0, 0.1) is 20.8 Å². The zero-order chi connectivity index (χ0) is 21.2. The van der Waals surface area contributed by atoms with Gasteiger partial charge in [-0.15, -0.1) is 0 Å². The minimum atomic E-state index is -3.41.